The van der Waals surface area contributed by atoms with Crippen molar-refractivity contribution in [1.82, 2.24) is 0 Å². The number of ether oxygens (including phenoxy) is 1. The summed E-state index contributed by atoms with van der Waals surface area (Å²) >= 11 is 0. The van der Waals surface area contributed by atoms with E-state index in [0.717, 1.165) is 18.9 Å². The maximum atomic E-state index is 9.89. The standard InChI is InChI=1S/C12H26O6Si/c1-4-5-6-19(2,3)18-12-11(16)10(15)9(14)8(7-13)17-12/h8-16H,4-7H2,1-3H3/t8-,9-,10+,11-,12?/m1/s1. The summed E-state index contributed by atoms with van der Waals surface area (Å²) in [5, 5.41) is 38.4. The minimum atomic E-state index is -2.01. The first kappa shape index (κ1) is 17.0. The Morgan fingerprint density at radius 1 is 1.11 bits per heavy atom. The maximum Gasteiger partial charge on any atom is 0.190 e. The van der Waals surface area contributed by atoms with Crippen LogP contribution in [0.1, 0.15) is 19.8 Å². The van der Waals surface area contributed by atoms with Crippen LogP contribution in [-0.2, 0) is 9.16 Å². The van der Waals surface area contributed by atoms with Crippen LogP contribution >= 0.6 is 0 Å². The summed E-state index contributed by atoms with van der Waals surface area (Å²) in [5.41, 5.74) is 0. The van der Waals surface area contributed by atoms with E-state index in [0.29, 0.717) is 0 Å². The number of hydrogen-bond acceptors (Lipinski definition) is 6. The lowest BCUT2D eigenvalue weighted by Gasteiger charge is -2.42. The smallest absolute Gasteiger partial charge is 0.190 e. The summed E-state index contributed by atoms with van der Waals surface area (Å²) in [6, 6.07) is 0.929. The first-order valence-electron chi connectivity index (χ1n) is 6.80. The molecule has 1 rings (SSSR count). The molecule has 0 spiro atoms. The minimum Gasteiger partial charge on any atom is -0.394 e. The molecule has 7 heteroatoms. The second-order valence-electron chi connectivity index (χ2n) is 5.68. The molecule has 114 valence electrons. The Balaban J connectivity index is 2.65. The molecule has 0 aromatic heterocycles. The van der Waals surface area contributed by atoms with E-state index in [2.05, 4.69) is 6.92 Å². The topological polar surface area (TPSA) is 99.4 Å². The molecule has 0 radical (unpaired) electrons. The van der Waals surface area contributed by atoms with Crippen LogP contribution in [0.15, 0.2) is 0 Å². The van der Waals surface area contributed by atoms with Gasteiger partial charge in [0.05, 0.1) is 6.61 Å². The lowest BCUT2D eigenvalue weighted by Crippen LogP contribution is -2.60. The van der Waals surface area contributed by atoms with Gasteiger partial charge in [0.2, 0.25) is 0 Å². The van der Waals surface area contributed by atoms with Crippen molar-refractivity contribution >= 4 is 8.32 Å². The third kappa shape index (κ3) is 4.49. The molecule has 1 saturated heterocycles. The Morgan fingerprint density at radius 3 is 2.26 bits per heavy atom. The molecule has 0 saturated carbocycles. The van der Waals surface area contributed by atoms with Gasteiger partial charge in [0.1, 0.15) is 24.4 Å². The fraction of sp³-hybridized carbons (Fsp3) is 1.00. The SMILES string of the molecule is CCCC[Si](C)(C)OC1O[C@H](CO)[C@@H](O)[C@H](O)[C@H]1O. The summed E-state index contributed by atoms with van der Waals surface area (Å²) in [6.07, 6.45) is -3.79. The van der Waals surface area contributed by atoms with Crippen molar-refractivity contribution in [1.29, 1.82) is 0 Å². The van der Waals surface area contributed by atoms with Crippen LogP contribution in [0.25, 0.3) is 0 Å². The van der Waals surface area contributed by atoms with Crippen LogP contribution in [0, 0.1) is 0 Å². The van der Waals surface area contributed by atoms with Crippen molar-refractivity contribution in [3.8, 4) is 0 Å². The van der Waals surface area contributed by atoms with E-state index in [4.69, 9.17) is 14.3 Å². The van der Waals surface area contributed by atoms with Gasteiger partial charge >= 0.3 is 0 Å². The van der Waals surface area contributed by atoms with Gasteiger partial charge < -0.3 is 29.6 Å². The lowest BCUT2D eigenvalue weighted by atomic mass is 10.00. The predicted octanol–water partition coefficient (Wildman–Crippen LogP) is -0.192. The second-order valence-corrected chi connectivity index (χ2v) is 9.93. The zero-order valence-electron chi connectivity index (χ0n) is 11.8. The molecule has 0 aromatic rings. The summed E-state index contributed by atoms with van der Waals surface area (Å²) in [6.45, 7) is 5.70. The van der Waals surface area contributed by atoms with E-state index in [1.165, 1.54) is 0 Å². The summed E-state index contributed by atoms with van der Waals surface area (Å²) in [7, 11) is -2.01. The first-order valence-corrected chi connectivity index (χ1v) is 9.92. The summed E-state index contributed by atoms with van der Waals surface area (Å²) < 4.78 is 11.2. The van der Waals surface area contributed by atoms with E-state index in [-0.39, 0.29) is 0 Å². The average molecular weight is 294 g/mol. The van der Waals surface area contributed by atoms with Crippen molar-refractivity contribution in [2.75, 3.05) is 6.61 Å². The van der Waals surface area contributed by atoms with Gasteiger partial charge in [0.25, 0.3) is 0 Å². The van der Waals surface area contributed by atoms with Crippen molar-refractivity contribution in [3.05, 3.63) is 0 Å². The molecule has 5 atom stereocenters. The van der Waals surface area contributed by atoms with E-state index >= 15 is 0 Å². The monoisotopic (exact) mass is 294 g/mol. The summed E-state index contributed by atoms with van der Waals surface area (Å²) in [4.78, 5) is 0. The van der Waals surface area contributed by atoms with Gasteiger partial charge in [-0.3, -0.25) is 0 Å². The van der Waals surface area contributed by atoms with Crippen LogP contribution in [0.3, 0.4) is 0 Å². The minimum absolute atomic E-state index is 0.429. The molecule has 1 aliphatic rings. The molecule has 4 N–H and O–H groups in total. The zero-order valence-corrected chi connectivity index (χ0v) is 12.8. The number of hydrogen-bond donors (Lipinski definition) is 4. The van der Waals surface area contributed by atoms with Crippen LogP contribution in [0.5, 0.6) is 0 Å². The normalized spacial score (nSPS) is 36.5. The number of aliphatic hydroxyl groups excluding tert-OH is 4. The van der Waals surface area contributed by atoms with Crippen LogP contribution in [0.2, 0.25) is 19.1 Å². The third-order valence-corrected chi connectivity index (χ3v) is 5.84. The molecular weight excluding hydrogens is 268 g/mol. The van der Waals surface area contributed by atoms with E-state index < -0.39 is 45.6 Å². The fourth-order valence-electron chi connectivity index (χ4n) is 2.14. The van der Waals surface area contributed by atoms with Crippen molar-refractivity contribution in [2.24, 2.45) is 0 Å². The van der Waals surface area contributed by atoms with Gasteiger partial charge in [-0.1, -0.05) is 19.8 Å². The first-order chi connectivity index (χ1) is 8.82. The highest BCUT2D eigenvalue weighted by atomic mass is 28.4. The van der Waals surface area contributed by atoms with E-state index in [9.17, 15) is 15.3 Å². The molecule has 0 aromatic carbocycles. The molecule has 1 heterocycles. The van der Waals surface area contributed by atoms with Crippen molar-refractivity contribution in [3.63, 3.8) is 0 Å². The Labute approximate surface area is 115 Å². The van der Waals surface area contributed by atoms with Gasteiger partial charge in [-0.05, 0) is 19.1 Å². The zero-order chi connectivity index (χ0) is 14.6. The maximum absolute atomic E-state index is 9.89. The number of aliphatic hydroxyl groups is 4. The number of rotatable bonds is 6. The lowest BCUT2D eigenvalue weighted by molar-refractivity contribution is -0.280. The Bertz CT molecular complexity index is 273. The van der Waals surface area contributed by atoms with Gasteiger partial charge in [-0.25, -0.2) is 0 Å². The molecule has 0 aliphatic carbocycles. The highest BCUT2D eigenvalue weighted by Crippen LogP contribution is 2.26. The Morgan fingerprint density at radius 2 is 1.74 bits per heavy atom. The molecule has 6 nitrogen and oxygen atoms in total. The van der Waals surface area contributed by atoms with Gasteiger partial charge in [-0.2, -0.15) is 0 Å². The molecule has 19 heavy (non-hydrogen) atoms. The van der Waals surface area contributed by atoms with Gasteiger partial charge in [0.15, 0.2) is 14.6 Å². The van der Waals surface area contributed by atoms with Crippen LogP contribution in [-0.4, -0.2) is 66.1 Å². The van der Waals surface area contributed by atoms with Crippen molar-refractivity contribution in [2.45, 2.75) is 69.6 Å². The molecule has 1 fully saturated rings. The quantitative estimate of drug-likeness (QED) is 0.507. The van der Waals surface area contributed by atoms with E-state index in [1.807, 2.05) is 13.1 Å². The highest BCUT2D eigenvalue weighted by Gasteiger charge is 2.45. The highest BCUT2D eigenvalue weighted by molar-refractivity contribution is 6.71. The molecule has 1 aliphatic heterocycles. The summed E-state index contributed by atoms with van der Waals surface area (Å²) in [5.74, 6) is 0. The third-order valence-electron chi connectivity index (χ3n) is 3.42. The Hall–Kier alpha value is -0.0231. The predicted molar refractivity (Wildman–Crippen MR) is 72.0 cm³/mol. The van der Waals surface area contributed by atoms with E-state index in [1.54, 1.807) is 0 Å². The number of unbranched alkanes of at least 4 members (excludes halogenated alkanes) is 1. The average Bonchev–Trinajstić information content (AvgIpc) is 2.37. The second kappa shape index (κ2) is 7.12. The Kier molecular flexibility index (Phi) is 6.38. The molecule has 0 amide bonds. The largest absolute Gasteiger partial charge is 0.394 e. The van der Waals surface area contributed by atoms with Crippen LogP contribution in [0.4, 0.5) is 0 Å². The fourth-order valence-corrected chi connectivity index (χ4v) is 4.29. The van der Waals surface area contributed by atoms with Crippen LogP contribution < -0.4 is 0 Å². The molecule has 1 unspecified atom stereocenters. The molecular formula is C12H26O6Si. The van der Waals surface area contributed by atoms with Gasteiger partial charge in [0, 0.05) is 0 Å². The molecule has 0 bridgehead atoms. The van der Waals surface area contributed by atoms with Gasteiger partial charge in [-0.15, -0.1) is 0 Å². The van der Waals surface area contributed by atoms with Crippen molar-refractivity contribution < 1.29 is 29.6 Å².